The molecule has 0 radical (unpaired) electrons. The summed E-state index contributed by atoms with van der Waals surface area (Å²) in [5, 5.41) is 0. The molecular formula is C14H19FO2. The predicted octanol–water partition coefficient (Wildman–Crippen LogP) is 3.55. The molecule has 2 nitrogen and oxygen atoms in total. The van der Waals surface area contributed by atoms with E-state index in [1.54, 1.807) is 18.2 Å². The van der Waals surface area contributed by atoms with Crippen LogP contribution in [0.2, 0.25) is 0 Å². The molecule has 0 amide bonds. The maximum atomic E-state index is 13.5. The van der Waals surface area contributed by atoms with Crippen LogP contribution in [-0.2, 0) is 4.74 Å². The summed E-state index contributed by atoms with van der Waals surface area (Å²) in [6, 6.07) is 6.48. The minimum Gasteiger partial charge on any atom is -0.484 e. The van der Waals surface area contributed by atoms with E-state index in [0.717, 1.165) is 6.42 Å². The second-order valence-corrected chi connectivity index (χ2v) is 5.71. The topological polar surface area (TPSA) is 18.5 Å². The molecule has 17 heavy (non-hydrogen) atoms. The lowest BCUT2D eigenvalue weighted by molar-refractivity contribution is -0.0849. The van der Waals surface area contributed by atoms with Crippen molar-refractivity contribution in [3.05, 3.63) is 30.1 Å². The van der Waals surface area contributed by atoms with Crippen molar-refractivity contribution < 1.29 is 13.9 Å². The Hall–Kier alpha value is -1.09. The number of para-hydroxylation sites is 1. The first-order chi connectivity index (χ1) is 7.80. The van der Waals surface area contributed by atoms with E-state index in [2.05, 4.69) is 0 Å². The van der Waals surface area contributed by atoms with Gasteiger partial charge in [-0.3, -0.25) is 0 Å². The van der Waals surface area contributed by atoms with Gasteiger partial charge in [-0.05, 0) is 39.8 Å². The van der Waals surface area contributed by atoms with E-state index in [4.69, 9.17) is 9.47 Å². The zero-order valence-corrected chi connectivity index (χ0v) is 10.8. The molecule has 0 bridgehead atoms. The molecule has 3 heteroatoms. The Kier molecular flexibility index (Phi) is 2.90. The lowest BCUT2D eigenvalue weighted by Crippen LogP contribution is -2.36. The highest BCUT2D eigenvalue weighted by atomic mass is 19.1. The Morgan fingerprint density at radius 3 is 2.41 bits per heavy atom. The van der Waals surface area contributed by atoms with Gasteiger partial charge in [-0.25, -0.2) is 4.39 Å². The van der Waals surface area contributed by atoms with Gasteiger partial charge in [-0.1, -0.05) is 12.1 Å². The van der Waals surface area contributed by atoms with Gasteiger partial charge in [-0.2, -0.15) is 0 Å². The minimum absolute atomic E-state index is 0.130. The Balaban J connectivity index is 2.17. The molecule has 1 aromatic carbocycles. The van der Waals surface area contributed by atoms with Gasteiger partial charge < -0.3 is 9.47 Å². The van der Waals surface area contributed by atoms with Crippen molar-refractivity contribution in [3.8, 4) is 5.75 Å². The summed E-state index contributed by atoms with van der Waals surface area (Å²) in [7, 11) is 0. The average Bonchev–Trinajstić information content (AvgIpc) is 2.38. The fraction of sp³-hybridized carbons (Fsp3) is 0.571. The molecule has 94 valence electrons. The molecule has 0 saturated carbocycles. The molecule has 0 N–H and O–H groups in total. The van der Waals surface area contributed by atoms with Crippen molar-refractivity contribution in [2.24, 2.45) is 0 Å². The minimum atomic E-state index is -0.397. The maximum absolute atomic E-state index is 13.5. The van der Waals surface area contributed by atoms with Crippen molar-refractivity contribution in [2.45, 2.75) is 51.4 Å². The van der Waals surface area contributed by atoms with Crippen molar-refractivity contribution in [1.29, 1.82) is 0 Å². The second-order valence-electron chi connectivity index (χ2n) is 5.71. The van der Waals surface area contributed by atoms with E-state index in [1.807, 2.05) is 27.7 Å². The summed E-state index contributed by atoms with van der Waals surface area (Å²) in [5.41, 5.74) is -0.620. The van der Waals surface area contributed by atoms with Gasteiger partial charge >= 0.3 is 0 Å². The molecule has 1 aromatic rings. The highest BCUT2D eigenvalue weighted by Gasteiger charge is 2.47. The third kappa shape index (κ3) is 2.60. The van der Waals surface area contributed by atoms with E-state index < -0.39 is 5.60 Å². The Labute approximate surface area is 102 Å². The summed E-state index contributed by atoms with van der Waals surface area (Å²) >= 11 is 0. The molecule has 1 atom stereocenters. The molecule has 1 fully saturated rings. The van der Waals surface area contributed by atoms with E-state index in [1.165, 1.54) is 6.07 Å². The number of rotatable bonds is 2. The maximum Gasteiger partial charge on any atom is 0.165 e. The van der Waals surface area contributed by atoms with Crippen molar-refractivity contribution in [2.75, 3.05) is 0 Å². The lowest BCUT2D eigenvalue weighted by atomic mass is 9.97. The van der Waals surface area contributed by atoms with E-state index in [0.29, 0.717) is 5.75 Å². The third-order valence-electron chi connectivity index (χ3n) is 3.10. The van der Waals surface area contributed by atoms with Crippen molar-refractivity contribution >= 4 is 0 Å². The van der Waals surface area contributed by atoms with Gasteiger partial charge in [0, 0.05) is 6.42 Å². The molecule has 1 aliphatic rings. The molecule has 0 aromatic heterocycles. The van der Waals surface area contributed by atoms with Crippen LogP contribution in [0, 0.1) is 5.82 Å². The van der Waals surface area contributed by atoms with E-state index in [-0.39, 0.29) is 17.5 Å². The van der Waals surface area contributed by atoms with Gasteiger partial charge in [0.05, 0.1) is 5.60 Å². The normalized spacial score (nSPS) is 25.8. The Morgan fingerprint density at radius 2 is 1.88 bits per heavy atom. The highest BCUT2D eigenvalue weighted by Crippen LogP contribution is 2.39. The summed E-state index contributed by atoms with van der Waals surface area (Å²) in [5.74, 6) is -0.0279. The van der Waals surface area contributed by atoms with Crippen molar-refractivity contribution in [3.63, 3.8) is 0 Å². The zero-order valence-electron chi connectivity index (χ0n) is 10.8. The van der Waals surface area contributed by atoms with Crippen LogP contribution in [0.4, 0.5) is 4.39 Å². The third-order valence-corrected chi connectivity index (χ3v) is 3.10. The van der Waals surface area contributed by atoms with Gasteiger partial charge in [0.1, 0.15) is 11.7 Å². The summed E-state index contributed by atoms with van der Waals surface area (Å²) in [6.45, 7) is 8.01. The first kappa shape index (κ1) is 12.4. The molecule has 1 heterocycles. The Bertz CT molecular complexity index is 412. The SMILES string of the molecule is CC1(C)CC(Oc2ccccc2F)C(C)(C)O1. The van der Waals surface area contributed by atoms with Gasteiger partial charge in [0.2, 0.25) is 0 Å². The molecule has 0 spiro atoms. The fourth-order valence-electron chi connectivity index (χ4n) is 2.39. The summed E-state index contributed by atoms with van der Waals surface area (Å²) < 4.78 is 25.2. The highest BCUT2D eigenvalue weighted by molar-refractivity contribution is 5.24. The largest absolute Gasteiger partial charge is 0.484 e. The zero-order chi connectivity index (χ0) is 12.7. The number of benzene rings is 1. The smallest absolute Gasteiger partial charge is 0.165 e. The van der Waals surface area contributed by atoms with E-state index in [9.17, 15) is 4.39 Å². The van der Waals surface area contributed by atoms with Crippen LogP contribution in [0.5, 0.6) is 5.75 Å². The van der Waals surface area contributed by atoms with Crippen molar-refractivity contribution in [1.82, 2.24) is 0 Å². The molecule has 0 aliphatic carbocycles. The number of hydrogen-bond donors (Lipinski definition) is 0. The first-order valence-corrected chi connectivity index (χ1v) is 5.91. The summed E-state index contributed by atoms with van der Waals surface area (Å²) in [6.07, 6.45) is 0.628. The van der Waals surface area contributed by atoms with Crippen LogP contribution in [0.3, 0.4) is 0 Å². The molecule has 2 rings (SSSR count). The molecule has 1 unspecified atom stereocenters. The molecular weight excluding hydrogens is 219 g/mol. The number of hydrogen-bond acceptors (Lipinski definition) is 2. The standard InChI is InChI=1S/C14H19FO2/c1-13(2)9-12(14(3,4)17-13)16-11-8-6-5-7-10(11)15/h5-8,12H,9H2,1-4H3. The summed E-state index contributed by atoms with van der Waals surface area (Å²) in [4.78, 5) is 0. The van der Waals surface area contributed by atoms with Crippen LogP contribution in [0.1, 0.15) is 34.1 Å². The van der Waals surface area contributed by atoms with Gasteiger partial charge in [0.25, 0.3) is 0 Å². The quantitative estimate of drug-likeness (QED) is 0.784. The number of ether oxygens (including phenoxy) is 2. The average molecular weight is 238 g/mol. The van der Waals surface area contributed by atoms with Gasteiger partial charge in [0.15, 0.2) is 11.6 Å². The van der Waals surface area contributed by atoms with Crippen LogP contribution >= 0.6 is 0 Å². The van der Waals surface area contributed by atoms with Crippen LogP contribution in [0.15, 0.2) is 24.3 Å². The second kappa shape index (κ2) is 3.98. The fourth-order valence-corrected chi connectivity index (χ4v) is 2.39. The van der Waals surface area contributed by atoms with Crippen LogP contribution in [-0.4, -0.2) is 17.3 Å². The molecule has 1 saturated heterocycles. The van der Waals surface area contributed by atoms with Crippen LogP contribution in [0.25, 0.3) is 0 Å². The predicted molar refractivity (Wildman–Crippen MR) is 64.7 cm³/mol. The number of halogens is 1. The Morgan fingerprint density at radius 1 is 1.24 bits per heavy atom. The monoisotopic (exact) mass is 238 g/mol. The van der Waals surface area contributed by atoms with E-state index >= 15 is 0 Å². The molecule has 1 aliphatic heterocycles. The van der Waals surface area contributed by atoms with Gasteiger partial charge in [-0.15, -0.1) is 0 Å². The lowest BCUT2D eigenvalue weighted by Gasteiger charge is -2.27. The van der Waals surface area contributed by atoms with Crippen LogP contribution < -0.4 is 4.74 Å². The first-order valence-electron chi connectivity index (χ1n) is 5.91.